The van der Waals surface area contributed by atoms with Gasteiger partial charge in [-0.15, -0.1) is 0 Å². The number of ether oxygens (including phenoxy) is 2. The molecule has 3 aromatic rings. The molecule has 1 amide bonds. The van der Waals surface area contributed by atoms with E-state index in [0.29, 0.717) is 3.97 Å². The molecule has 0 radical (unpaired) electrons. The van der Waals surface area contributed by atoms with Crippen LogP contribution in [0.25, 0.3) is 11.3 Å². The van der Waals surface area contributed by atoms with Gasteiger partial charge in [-0.3, -0.25) is 0 Å². The Morgan fingerprint density at radius 1 is 1.23 bits per heavy atom. The molecule has 1 aromatic carbocycles. The molecular formula is C19H17F2N3O5S. The van der Waals surface area contributed by atoms with Gasteiger partial charge >= 0.3 is 6.09 Å². The summed E-state index contributed by atoms with van der Waals surface area (Å²) in [4.78, 5) is 14.6. The lowest BCUT2D eigenvalue weighted by Gasteiger charge is -2.12. The smallest absolute Gasteiger partial charge is 0.407 e. The SMILES string of the molecule is CNC(=O)OCc1cn(S(=O)(=O)c2cccc(OC)c2)c(-c2cccnc2F)c1F. The number of halogens is 2. The molecule has 8 nitrogen and oxygen atoms in total. The molecule has 0 bridgehead atoms. The van der Waals surface area contributed by atoms with Crippen molar-refractivity contribution in [2.75, 3.05) is 14.2 Å². The number of nitrogens with zero attached hydrogens (tertiary/aromatic N) is 2. The summed E-state index contributed by atoms with van der Waals surface area (Å²) >= 11 is 0. The highest BCUT2D eigenvalue weighted by Gasteiger charge is 2.29. The zero-order valence-electron chi connectivity index (χ0n) is 15.9. The zero-order chi connectivity index (χ0) is 21.9. The summed E-state index contributed by atoms with van der Waals surface area (Å²) < 4.78 is 66.5. The number of pyridine rings is 1. The third-order valence-electron chi connectivity index (χ3n) is 4.16. The van der Waals surface area contributed by atoms with Crippen molar-refractivity contribution in [3.63, 3.8) is 0 Å². The Morgan fingerprint density at radius 2 is 2.00 bits per heavy atom. The average molecular weight is 437 g/mol. The number of carbonyl (C=O) groups excluding carboxylic acids is 1. The Hall–Kier alpha value is -3.47. The van der Waals surface area contributed by atoms with Crippen LogP contribution >= 0.6 is 0 Å². The van der Waals surface area contributed by atoms with Crippen molar-refractivity contribution in [1.29, 1.82) is 0 Å². The van der Waals surface area contributed by atoms with Gasteiger partial charge < -0.3 is 14.8 Å². The van der Waals surface area contributed by atoms with Gasteiger partial charge in [-0.2, -0.15) is 4.39 Å². The summed E-state index contributed by atoms with van der Waals surface area (Å²) in [5, 5.41) is 2.19. The van der Waals surface area contributed by atoms with Crippen molar-refractivity contribution in [2.45, 2.75) is 11.5 Å². The van der Waals surface area contributed by atoms with E-state index < -0.39 is 40.2 Å². The topological polar surface area (TPSA) is 99.5 Å². The number of hydrogen-bond acceptors (Lipinski definition) is 6. The minimum absolute atomic E-state index is 0.207. The quantitative estimate of drug-likeness (QED) is 0.596. The summed E-state index contributed by atoms with van der Waals surface area (Å²) in [7, 11) is -1.69. The second-order valence-corrected chi connectivity index (χ2v) is 7.78. The maximum atomic E-state index is 15.2. The Morgan fingerprint density at radius 3 is 2.67 bits per heavy atom. The number of benzene rings is 1. The van der Waals surface area contributed by atoms with Crippen LogP contribution in [-0.4, -0.2) is 37.6 Å². The molecule has 0 aliphatic rings. The lowest BCUT2D eigenvalue weighted by atomic mass is 10.2. The summed E-state index contributed by atoms with van der Waals surface area (Å²) in [5.41, 5.74) is -1.20. The van der Waals surface area contributed by atoms with Gasteiger partial charge in [0.05, 0.1) is 17.6 Å². The molecule has 11 heteroatoms. The number of hydrogen-bond donors (Lipinski definition) is 1. The van der Waals surface area contributed by atoms with E-state index >= 15 is 4.39 Å². The van der Waals surface area contributed by atoms with Crippen LogP contribution in [0.2, 0.25) is 0 Å². The first-order valence-corrected chi connectivity index (χ1v) is 9.98. The molecule has 2 heterocycles. The average Bonchev–Trinajstić information content (AvgIpc) is 3.09. The molecule has 0 saturated carbocycles. The third-order valence-corrected chi connectivity index (χ3v) is 5.81. The molecule has 0 saturated heterocycles. The van der Waals surface area contributed by atoms with E-state index in [1.807, 2.05) is 0 Å². The first-order chi connectivity index (χ1) is 14.3. The minimum atomic E-state index is -4.37. The monoisotopic (exact) mass is 437 g/mol. The van der Waals surface area contributed by atoms with E-state index in [9.17, 15) is 17.6 Å². The molecule has 0 fully saturated rings. The highest BCUT2D eigenvalue weighted by molar-refractivity contribution is 7.90. The maximum absolute atomic E-state index is 15.2. The van der Waals surface area contributed by atoms with E-state index in [1.54, 1.807) is 6.07 Å². The minimum Gasteiger partial charge on any atom is -0.497 e. The summed E-state index contributed by atoms with van der Waals surface area (Å²) in [5.74, 6) is -1.85. The molecule has 3 rings (SSSR count). The van der Waals surface area contributed by atoms with Crippen LogP contribution < -0.4 is 10.1 Å². The second-order valence-electron chi connectivity index (χ2n) is 5.96. The summed E-state index contributed by atoms with van der Waals surface area (Å²) in [6.45, 7) is -0.568. The van der Waals surface area contributed by atoms with Crippen molar-refractivity contribution >= 4 is 16.1 Å². The largest absolute Gasteiger partial charge is 0.497 e. The Bertz CT molecular complexity index is 1190. The number of nitrogens with one attached hydrogen (secondary N) is 1. The van der Waals surface area contributed by atoms with Crippen molar-refractivity contribution in [2.24, 2.45) is 0 Å². The molecule has 0 atom stereocenters. The molecule has 158 valence electrons. The van der Waals surface area contributed by atoms with Crippen LogP contribution in [-0.2, 0) is 21.4 Å². The van der Waals surface area contributed by atoms with Crippen LogP contribution in [0.4, 0.5) is 13.6 Å². The molecule has 2 aromatic heterocycles. The molecule has 0 spiro atoms. The Labute approximate surface area is 171 Å². The highest BCUT2D eigenvalue weighted by Crippen LogP contribution is 2.32. The normalized spacial score (nSPS) is 11.2. The van der Waals surface area contributed by atoms with E-state index in [0.717, 1.165) is 12.4 Å². The van der Waals surface area contributed by atoms with Crippen LogP contribution in [0, 0.1) is 11.8 Å². The predicted molar refractivity (Wildman–Crippen MR) is 102 cm³/mol. The number of alkyl carbamates (subject to hydrolysis) is 1. The Kier molecular flexibility index (Phi) is 6.01. The van der Waals surface area contributed by atoms with Crippen LogP contribution in [0.15, 0.2) is 53.7 Å². The first-order valence-electron chi connectivity index (χ1n) is 8.54. The molecule has 30 heavy (non-hydrogen) atoms. The standard InChI is InChI=1S/C19H17F2N3O5S/c1-22-19(25)29-11-12-10-24(17(16(12)20)15-7-4-8-23-18(15)21)30(26,27)14-6-3-5-13(9-14)28-2/h3-10H,11H2,1-2H3,(H,22,25). The highest BCUT2D eigenvalue weighted by atomic mass is 32.2. The van der Waals surface area contributed by atoms with Gasteiger partial charge in [-0.1, -0.05) is 6.07 Å². The molecule has 0 aliphatic carbocycles. The van der Waals surface area contributed by atoms with Crippen molar-refractivity contribution in [3.05, 3.63) is 66.1 Å². The van der Waals surface area contributed by atoms with Crippen molar-refractivity contribution < 1.29 is 31.5 Å². The number of rotatable bonds is 6. The number of methoxy groups -OCH3 is 1. The van der Waals surface area contributed by atoms with Crippen LogP contribution in [0.3, 0.4) is 0 Å². The predicted octanol–water partition coefficient (Wildman–Crippen LogP) is 2.93. The number of amides is 1. The van der Waals surface area contributed by atoms with Gasteiger partial charge in [-0.25, -0.2) is 26.6 Å². The summed E-state index contributed by atoms with van der Waals surface area (Å²) in [6, 6.07) is 8.07. The van der Waals surface area contributed by atoms with E-state index in [4.69, 9.17) is 9.47 Å². The van der Waals surface area contributed by atoms with Crippen molar-refractivity contribution in [3.8, 4) is 17.0 Å². The fourth-order valence-electron chi connectivity index (χ4n) is 2.69. The fraction of sp³-hybridized carbons (Fsp3) is 0.158. The van der Waals surface area contributed by atoms with Crippen LogP contribution in [0.1, 0.15) is 5.56 Å². The Balaban J connectivity index is 2.21. The van der Waals surface area contributed by atoms with Gasteiger partial charge in [0, 0.05) is 31.1 Å². The lowest BCUT2D eigenvalue weighted by molar-refractivity contribution is 0.141. The zero-order valence-corrected chi connectivity index (χ0v) is 16.7. The van der Waals surface area contributed by atoms with Crippen molar-refractivity contribution in [1.82, 2.24) is 14.3 Å². The summed E-state index contributed by atoms with van der Waals surface area (Å²) in [6.07, 6.45) is 1.25. The van der Waals surface area contributed by atoms with Gasteiger partial charge in [0.2, 0.25) is 5.95 Å². The molecule has 0 aliphatic heterocycles. The van der Waals surface area contributed by atoms with Gasteiger partial charge in [0.25, 0.3) is 10.0 Å². The van der Waals surface area contributed by atoms with Gasteiger partial charge in [0.1, 0.15) is 18.1 Å². The van der Waals surface area contributed by atoms with E-state index in [-0.39, 0.29) is 21.8 Å². The van der Waals surface area contributed by atoms with Crippen LogP contribution in [0.5, 0.6) is 5.75 Å². The molecule has 0 unspecified atom stereocenters. The first kappa shape index (κ1) is 21.2. The van der Waals surface area contributed by atoms with Gasteiger partial charge in [-0.05, 0) is 24.3 Å². The van der Waals surface area contributed by atoms with E-state index in [2.05, 4.69) is 10.3 Å². The number of aromatic nitrogens is 2. The number of carbonyl (C=O) groups is 1. The third kappa shape index (κ3) is 3.96. The second kappa shape index (κ2) is 8.49. The fourth-order valence-corrected chi connectivity index (χ4v) is 4.12. The lowest BCUT2D eigenvalue weighted by Crippen LogP contribution is -2.19. The maximum Gasteiger partial charge on any atom is 0.407 e. The van der Waals surface area contributed by atoms with E-state index in [1.165, 1.54) is 44.5 Å². The molecular weight excluding hydrogens is 420 g/mol. The molecule has 1 N–H and O–H groups in total. The van der Waals surface area contributed by atoms with Gasteiger partial charge in [0.15, 0.2) is 5.82 Å².